The molecule has 40 heavy (non-hydrogen) atoms. The molecule has 1 atom stereocenters. The van der Waals surface area contributed by atoms with Gasteiger partial charge in [-0.3, -0.25) is 4.79 Å². The molecule has 1 aliphatic rings. The molecule has 0 bridgehead atoms. The maximum atomic E-state index is 11.1. The standard InChI is InChI=1S/C34H38N2O4/c1-4-17-36(22-25-8-6-5-7-9-25)32-20-28(11-10-23(32)2)34-35-31(24(3)40-34)16-18-39-29-14-15-30-26(19-29)12-13-27(30)21-33(37)38/h5-11,14-15,19-20,27H,4,12-13,16-18,21-22H2,1-3H3,(H,37,38)/t27-/m0/s1. The lowest BCUT2D eigenvalue weighted by Crippen LogP contribution is -2.24. The first-order valence-corrected chi connectivity index (χ1v) is 14.2. The minimum absolute atomic E-state index is 0.104. The molecule has 6 heteroatoms. The summed E-state index contributed by atoms with van der Waals surface area (Å²) in [6.07, 6.45) is 3.67. The van der Waals surface area contributed by atoms with Gasteiger partial charge in [0.1, 0.15) is 11.5 Å². The maximum Gasteiger partial charge on any atom is 0.303 e. The van der Waals surface area contributed by atoms with E-state index in [4.69, 9.17) is 19.2 Å². The van der Waals surface area contributed by atoms with E-state index >= 15 is 0 Å². The molecule has 1 heterocycles. The van der Waals surface area contributed by atoms with E-state index < -0.39 is 5.97 Å². The number of ether oxygens (including phenoxy) is 1. The highest BCUT2D eigenvalue weighted by molar-refractivity contribution is 5.68. The molecule has 5 rings (SSSR count). The summed E-state index contributed by atoms with van der Waals surface area (Å²) in [5.74, 6) is 1.61. The number of rotatable bonds is 12. The highest BCUT2D eigenvalue weighted by atomic mass is 16.5. The molecule has 4 aromatic rings. The fraction of sp³-hybridized carbons (Fsp3) is 0.353. The average molecular weight is 539 g/mol. The van der Waals surface area contributed by atoms with Gasteiger partial charge in [-0.25, -0.2) is 4.98 Å². The van der Waals surface area contributed by atoms with Crippen molar-refractivity contribution in [3.05, 3.63) is 100 Å². The molecule has 3 aromatic carbocycles. The van der Waals surface area contributed by atoms with Crippen molar-refractivity contribution in [3.63, 3.8) is 0 Å². The van der Waals surface area contributed by atoms with Crippen molar-refractivity contribution in [2.45, 2.75) is 65.3 Å². The zero-order valence-electron chi connectivity index (χ0n) is 23.7. The van der Waals surface area contributed by atoms with Gasteiger partial charge in [0.05, 0.1) is 18.7 Å². The summed E-state index contributed by atoms with van der Waals surface area (Å²) in [4.78, 5) is 18.4. The molecule has 0 spiro atoms. The number of carboxylic acid groups (broad SMARTS) is 1. The minimum Gasteiger partial charge on any atom is -0.493 e. The van der Waals surface area contributed by atoms with Gasteiger partial charge in [-0.15, -0.1) is 0 Å². The fourth-order valence-electron chi connectivity index (χ4n) is 5.69. The Morgan fingerprint density at radius 2 is 1.93 bits per heavy atom. The van der Waals surface area contributed by atoms with Gasteiger partial charge >= 0.3 is 5.97 Å². The number of carboxylic acids is 1. The Morgan fingerprint density at radius 1 is 1.10 bits per heavy atom. The van der Waals surface area contributed by atoms with Crippen LogP contribution in [0.1, 0.15) is 65.8 Å². The van der Waals surface area contributed by atoms with E-state index in [9.17, 15) is 4.79 Å². The van der Waals surface area contributed by atoms with Gasteiger partial charge in [0.25, 0.3) is 0 Å². The van der Waals surface area contributed by atoms with Crippen LogP contribution in [-0.4, -0.2) is 29.2 Å². The summed E-state index contributed by atoms with van der Waals surface area (Å²) in [5, 5.41) is 9.16. The number of carbonyl (C=O) groups is 1. The van der Waals surface area contributed by atoms with E-state index in [0.717, 1.165) is 60.7 Å². The quantitative estimate of drug-likeness (QED) is 0.201. The van der Waals surface area contributed by atoms with Crippen LogP contribution in [0.5, 0.6) is 5.75 Å². The number of hydrogen-bond donors (Lipinski definition) is 1. The fourth-order valence-corrected chi connectivity index (χ4v) is 5.69. The predicted octanol–water partition coefficient (Wildman–Crippen LogP) is 7.50. The molecule has 1 N–H and O–H groups in total. The second-order valence-electron chi connectivity index (χ2n) is 10.7. The molecule has 208 valence electrons. The van der Waals surface area contributed by atoms with Gasteiger partial charge in [0.2, 0.25) is 5.89 Å². The lowest BCUT2D eigenvalue weighted by molar-refractivity contribution is -0.137. The Morgan fingerprint density at radius 3 is 2.70 bits per heavy atom. The lowest BCUT2D eigenvalue weighted by atomic mass is 9.98. The minimum atomic E-state index is -0.743. The van der Waals surface area contributed by atoms with E-state index in [1.807, 2.05) is 19.1 Å². The summed E-state index contributed by atoms with van der Waals surface area (Å²) in [6, 6.07) is 23.0. The van der Waals surface area contributed by atoms with E-state index in [0.29, 0.717) is 18.9 Å². The number of benzene rings is 3. The number of aliphatic carboxylic acids is 1. The number of fused-ring (bicyclic) bond motifs is 1. The van der Waals surface area contributed by atoms with Gasteiger partial charge in [0, 0.05) is 30.8 Å². The van der Waals surface area contributed by atoms with Crippen molar-refractivity contribution in [1.82, 2.24) is 4.98 Å². The molecular formula is C34H38N2O4. The zero-order chi connectivity index (χ0) is 28.1. The van der Waals surface area contributed by atoms with Gasteiger partial charge in [0.15, 0.2) is 0 Å². The highest BCUT2D eigenvalue weighted by Gasteiger charge is 2.25. The predicted molar refractivity (Wildman–Crippen MR) is 158 cm³/mol. The van der Waals surface area contributed by atoms with Crippen LogP contribution in [0.15, 0.2) is 71.1 Å². The van der Waals surface area contributed by atoms with E-state index in [2.05, 4.69) is 73.3 Å². The number of aryl methyl sites for hydroxylation is 3. The van der Waals surface area contributed by atoms with E-state index in [1.54, 1.807) is 0 Å². The van der Waals surface area contributed by atoms with Gasteiger partial charge < -0.3 is 19.2 Å². The smallest absolute Gasteiger partial charge is 0.303 e. The monoisotopic (exact) mass is 538 g/mol. The third-order valence-electron chi connectivity index (χ3n) is 7.74. The van der Waals surface area contributed by atoms with E-state index in [-0.39, 0.29) is 12.3 Å². The normalized spacial score (nSPS) is 14.2. The van der Waals surface area contributed by atoms with Crippen molar-refractivity contribution in [2.75, 3.05) is 18.1 Å². The molecule has 0 aliphatic heterocycles. The van der Waals surface area contributed by atoms with Crippen molar-refractivity contribution >= 4 is 11.7 Å². The molecule has 1 aromatic heterocycles. The summed E-state index contributed by atoms with van der Waals surface area (Å²) in [7, 11) is 0. The number of nitrogens with zero attached hydrogens (tertiary/aromatic N) is 2. The van der Waals surface area contributed by atoms with Crippen LogP contribution in [0, 0.1) is 13.8 Å². The largest absolute Gasteiger partial charge is 0.493 e. The van der Waals surface area contributed by atoms with Crippen LogP contribution in [0.3, 0.4) is 0 Å². The summed E-state index contributed by atoms with van der Waals surface area (Å²) >= 11 is 0. The molecule has 0 saturated heterocycles. The summed E-state index contributed by atoms with van der Waals surface area (Å²) < 4.78 is 12.2. The van der Waals surface area contributed by atoms with Gasteiger partial charge in [-0.1, -0.05) is 49.4 Å². The van der Waals surface area contributed by atoms with Crippen LogP contribution in [-0.2, 0) is 24.2 Å². The van der Waals surface area contributed by atoms with Gasteiger partial charge in [-0.2, -0.15) is 0 Å². The van der Waals surface area contributed by atoms with Crippen molar-refractivity contribution in [1.29, 1.82) is 0 Å². The second-order valence-corrected chi connectivity index (χ2v) is 10.7. The molecular weight excluding hydrogens is 500 g/mol. The lowest BCUT2D eigenvalue weighted by Gasteiger charge is -2.26. The summed E-state index contributed by atoms with van der Waals surface area (Å²) in [5.41, 5.74) is 7.93. The first-order chi connectivity index (χ1) is 19.4. The van der Waals surface area contributed by atoms with Gasteiger partial charge in [-0.05, 0) is 85.5 Å². The third kappa shape index (κ3) is 6.39. The molecule has 0 unspecified atom stereocenters. The Labute approximate surface area is 236 Å². The van der Waals surface area contributed by atoms with Crippen LogP contribution in [0.4, 0.5) is 5.69 Å². The molecule has 0 amide bonds. The second kappa shape index (κ2) is 12.4. The average Bonchev–Trinajstić information content (AvgIpc) is 3.51. The Balaban J connectivity index is 1.26. The highest BCUT2D eigenvalue weighted by Crippen LogP contribution is 2.37. The molecule has 0 radical (unpaired) electrons. The number of aromatic nitrogens is 1. The SMILES string of the molecule is CCCN(Cc1ccccc1)c1cc(-c2nc(CCOc3ccc4c(c3)CC[C@H]4CC(=O)O)c(C)o2)ccc1C. The first kappa shape index (κ1) is 27.5. The van der Waals surface area contributed by atoms with Crippen LogP contribution in [0.2, 0.25) is 0 Å². The van der Waals surface area contributed by atoms with Crippen LogP contribution >= 0.6 is 0 Å². The zero-order valence-corrected chi connectivity index (χ0v) is 23.7. The Hall–Kier alpha value is -4.06. The molecule has 0 saturated carbocycles. The van der Waals surface area contributed by atoms with Crippen molar-refractivity contribution in [2.24, 2.45) is 0 Å². The molecule has 0 fully saturated rings. The first-order valence-electron chi connectivity index (χ1n) is 14.2. The number of anilines is 1. The Bertz CT molecular complexity index is 1460. The number of hydrogen-bond acceptors (Lipinski definition) is 5. The third-order valence-corrected chi connectivity index (χ3v) is 7.74. The summed E-state index contributed by atoms with van der Waals surface area (Å²) in [6.45, 7) is 8.64. The van der Waals surface area contributed by atoms with Crippen LogP contribution in [0.25, 0.3) is 11.5 Å². The molecule has 1 aliphatic carbocycles. The van der Waals surface area contributed by atoms with Crippen LogP contribution < -0.4 is 9.64 Å². The maximum absolute atomic E-state index is 11.1. The number of oxazole rings is 1. The topological polar surface area (TPSA) is 75.8 Å². The van der Waals surface area contributed by atoms with E-state index in [1.165, 1.54) is 22.4 Å². The molecule has 6 nitrogen and oxygen atoms in total. The van der Waals surface area contributed by atoms with Crippen molar-refractivity contribution in [3.8, 4) is 17.2 Å². The Kier molecular flexibility index (Phi) is 8.54. The van der Waals surface area contributed by atoms with Crippen molar-refractivity contribution < 1.29 is 19.1 Å².